The molecule has 0 aromatic heterocycles. The highest BCUT2D eigenvalue weighted by atomic mass is 32.2. The Bertz CT molecular complexity index is 662. The Labute approximate surface area is 124 Å². The summed E-state index contributed by atoms with van der Waals surface area (Å²) >= 11 is 0. The highest BCUT2D eigenvalue weighted by Crippen LogP contribution is 2.17. The number of benzene rings is 2. The molecule has 2 aromatic rings. The molecule has 0 aliphatic rings. The van der Waals surface area contributed by atoms with E-state index in [0.29, 0.717) is 6.54 Å². The molecule has 1 amide bonds. The number of nitrogens with two attached hydrogens (primary N) is 1. The SMILES string of the molecule is Nc1ccc(F)cc1S(=O)CC(=O)NCc1ccccc1. The first-order valence-corrected chi connectivity index (χ1v) is 7.62. The van der Waals surface area contributed by atoms with E-state index in [2.05, 4.69) is 5.32 Å². The minimum Gasteiger partial charge on any atom is -0.398 e. The molecule has 0 heterocycles. The molecule has 0 fully saturated rings. The Hall–Kier alpha value is -2.21. The number of amides is 1. The molecule has 0 aliphatic heterocycles. The number of carbonyl (C=O) groups excluding carboxylic acids is 1. The van der Waals surface area contributed by atoms with Crippen LogP contribution in [0, 0.1) is 5.82 Å². The second kappa shape index (κ2) is 6.99. The quantitative estimate of drug-likeness (QED) is 0.828. The maximum absolute atomic E-state index is 13.1. The average molecular weight is 306 g/mol. The predicted molar refractivity (Wildman–Crippen MR) is 80.4 cm³/mol. The maximum Gasteiger partial charge on any atom is 0.233 e. The standard InChI is InChI=1S/C15H15FN2O2S/c16-12-6-7-13(17)14(8-12)21(20)10-15(19)18-9-11-4-2-1-3-5-11/h1-8H,9-10,17H2,(H,18,19). The minimum atomic E-state index is -1.67. The van der Waals surface area contributed by atoms with Crippen LogP contribution in [0.5, 0.6) is 0 Å². The number of nitrogens with one attached hydrogen (secondary N) is 1. The molecule has 21 heavy (non-hydrogen) atoms. The summed E-state index contributed by atoms with van der Waals surface area (Å²) in [6.07, 6.45) is 0. The zero-order valence-electron chi connectivity index (χ0n) is 11.2. The van der Waals surface area contributed by atoms with Gasteiger partial charge in [-0.2, -0.15) is 0 Å². The van der Waals surface area contributed by atoms with Crippen LogP contribution in [0.25, 0.3) is 0 Å². The van der Waals surface area contributed by atoms with Gasteiger partial charge in [0.1, 0.15) is 11.6 Å². The number of carbonyl (C=O) groups is 1. The van der Waals surface area contributed by atoms with Crippen LogP contribution in [-0.2, 0) is 22.1 Å². The van der Waals surface area contributed by atoms with Gasteiger partial charge in [0, 0.05) is 12.2 Å². The fourth-order valence-electron chi connectivity index (χ4n) is 1.75. The third-order valence-corrected chi connectivity index (χ3v) is 4.18. The first-order chi connectivity index (χ1) is 10.1. The molecule has 0 bridgehead atoms. The predicted octanol–water partition coefficient (Wildman–Crippen LogP) is 1.83. The van der Waals surface area contributed by atoms with Gasteiger partial charge in [0.05, 0.1) is 15.7 Å². The molecule has 0 spiro atoms. The zero-order chi connectivity index (χ0) is 15.2. The Morgan fingerprint density at radius 2 is 1.90 bits per heavy atom. The lowest BCUT2D eigenvalue weighted by molar-refractivity contribution is -0.118. The summed E-state index contributed by atoms with van der Waals surface area (Å²) in [7, 11) is -1.67. The monoisotopic (exact) mass is 306 g/mol. The van der Waals surface area contributed by atoms with Crippen molar-refractivity contribution in [1.82, 2.24) is 5.32 Å². The smallest absolute Gasteiger partial charge is 0.233 e. The molecule has 0 saturated carbocycles. The Morgan fingerprint density at radius 1 is 1.19 bits per heavy atom. The van der Waals surface area contributed by atoms with Crippen LogP contribution in [0.2, 0.25) is 0 Å². The normalized spacial score (nSPS) is 11.9. The van der Waals surface area contributed by atoms with Gasteiger partial charge >= 0.3 is 0 Å². The number of halogens is 1. The summed E-state index contributed by atoms with van der Waals surface area (Å²) in [6, 6.07) is 13.0. The van der Waals surface area contributed by atoms with Crippen molar-refractivity contribution in [1.29, 1.82) is 0 Å². The van der Waals surface area contributed by atoms with E-state index in [1.54, 1.807) is 0 Å². The molecule has 0 aliphatic carbocycles. The number of hydrogen-bond donors (Lipinski definition) is 2. The van der Waals surface area contributed by atoms with Crippen molar-refractivity contribution in [3.05, 3.63) is 59.9 Å². The van der Waals surface area contributed by atoms with Crippen LogP contribution in [0.3, 0.4) is 0 Å². The molecule has 2 rings (SSSR count). The van der Waals surface area contributed by atoms with Crippen molar-refractivity contribution in [3.8, 4) is 0 Å². The third kappa shape index (κ3) is 4.39. The molecule has 1 unspecified atom stereocenters. The van der Waals surface area contributed by atoms with E-state index in [9.17, 15) is 13.4 Å². The lowest BCUT2D eigenvalue weighted by Gasteiger charge is -2.07. The molecular weight excluding hydrogens is 291 g/mol. The summed E-state index contributed by atoms with van der Waals surface area (Å²) < 4.78 is 25.2. The van der Waals surface area contributed by atoms with E-state index in [1.807, 2.05) is 30.3 Å². The second-order valence-electron chi connectivity index (χ2n) is 4.43. The van der Waals surface area contributed by atoms with E-state index in [0.717, 1.165) is 11.6 Å². The van der Waals surface area contributed by atoms with E-state index in [4.69, 9.17) is 5.73 Å². The highest BCUT2D eigenvalue weighted by molar-refractivity contribution is 7.86. The van der Waals surface area contributed by atoms with E-state index < -0.39 is 16.6 Å². The van der Waals surface area contributed by atoms with Gasteiger partial charge in [0.25, 0.3) is 0 Å². The Balaban J connectivity index is 1.93. The largest absolute Gasteiger partial charge is 0.398 e. The van der Waals surface area contributed by atoms with Crippen LogP contribution in [0.15, 0.2) is 53.4 Å². The zero-order valence-corrected chi connectivity index (χ0v) is 12.0. The van der Waals surface area contributed by atoms with Gasteiger partial charge in [-0.25, -0.2) is 4.39 Å². The molecule has 6 heteroatoms. The molecule has 110 valence electrons. The number of nitrogen functional groups attached to an aromatic ring is 1. The number of rotatable bonds is 5. The van der Waals surface area contributed by atoms with E-state index >= 15 is 0 Å². The van der Waals surface area contributed by atoms with Gasteiger partial charge in [-0.05, 0) is 23.8 Å². The molecule has 2 aromatic carbocycles. The van der Waals surface area contributed by atoms with Crippen molar-refractivity contribution < 1.29 is 13.4 Å². The van der Waals surface area contributed by atoms with Gasteiger partial charge in [0.2, 0.25) is 5.91 Å². The number of hydrogen-bond acceptors (Lipinski definition) is 3. The van der Waals surface area contributed by atoms with Crippen LogP contribution in [0.1, 0.15) is 5.56 Å². The average Bonchev–Trinajstić information content (AvgIpc) is 2.48. The topological polar surface area (TPSA) is 72.2 Å². The van der Waals surface area contributed by atoms with Gasteiger partial charge in [-0.1, -0.05) is 30.3 Å². The lowest BCUT2D eigenvalue weighted by Crippen LogP contribution is -2.28. The van der Waals surface area contributed by atoms with Crippen LogP contribution in [0.4, 0.5) is 10.1 Å². The van der Waals surface area contributed by atoms with Crippen LogP contribution < -0.4 is 11.1 Å². The number of anilines is 1. The van der Waals surface area contributed by atoms with Crippen molar-refractivity contribution in [2.24, 2.45) is 0 Å². The van der Waals surface area contributed by atoms with Crippen LogP contribution >= 0.6 is 0 Å². The fourth-order valence-corrected chi connectivity index (χ4v) is 2.82. The summed E-state index contributed by atoms with van der Waals surface area (Å²) in [6.45, 7) is 0.357. The van der Waals surface area contributed by atoms with Gasteiger partial charge in [-0.3, -0.25) is 9.00 Å². The van der Waals surface area contributed by atoms with Gasteiger partial charge in [0.15, 0.2) is 0 Å². The summed E-state index contributed by atoms with van der Waals surface area (Å²) in [5, 5.41) is 2.67. The van der Waals surface area contributed by atoms with E-state index in [1.165, 1.54) is 12.1 Å². The van der Waals surface area contributed by atoms with Gasteiger partial charge in [-0.15, -0.1) is 0 Å². The Morgan fingerprint density at radius 3 is 2.62 bits per heavy atom. The molecule has 0 saturated heterocycles. The van der Waals surface area contributed by atoms with E-state index in [-0.39, 0.29) is 22.2 Å². The first kappa shape index (κ1) is 15.2. The molecule has 4 nitrogen and oxygen atoms in total. The summed E-state index contributed by atoms with van der Waals surface area (Å²) in [5.41, 5.74) is 6.80. The second-order valence-corrected chi connectivity index (χ2v) is 5.85. The fraction of sp³-hybridized carbons (Fsp3) is 0.133. The van der Waals surface area contributed by atoms with Crippen LogP contribution in [-0.4, -0.2) is 15.9 Å². The lowest BCUT2D eigenvalue weighted by atomic mass is 10.2. The van der Waals surface area contributed by atoms with Crippen molar-refractivity contribution >= 4 is 22.4 Å². The van der Waals surface area contributed by atoms with Crippen molar-refractivity contribution in [3.63, 3.8) is 0 Å². The molecular formula is C15H15FN2O2S. The maximum atomic E-state index is 13.1. The highest BCUT2D eigenvalue weighted by Gasteiger charge is 2.13. The Kier molecular flexibility index (Phi) is 5.05. The first-order valence-electron chi connectivity index (χ1n) is 6.30. The van der Waals surface area contributed by atoms with Gasteiger partial charge < -0.3 is 11.1 Å². The van der Waals surface area contributed by atoms with Crippen molar-refractivity contribution in [2.75, 3.05) is 11.5 Å². The molecule has 1 atom stereocenters. The summed E-state index contributed by atoms with van der Waals surface area (Å²) in [5.74, 6) is -1.15. The molecule has 3 N–H and O–H groups in total. The minimum absolute atomic E-state index is 0.143. The third-order valence-electron chi connectivity index (χ3n) is 2.82. The molecule has 0 radical (unpaired) electrons. The summed E-state index contributed by atoms with van der Waals surface area (Å²) in [4.78, 5) is 11.9. The van der Waals surface area contributed by atoms with Crippen molar-refractivity contribution in [2.45, 2.75) is 11.4 Å².